The van der Waals surface area contributed by atoms with Gasteiger partial charge in [-0.15, -0.1) is 0 Å². The van der Waals surface area contributed by atoms with E-state index in [2.05, 4.69) is 6.92 Å². The number of carbonyl (C=O) groups excluding carboxylic acids is 1. The molecule has 1 unspecified atom stereocenters. The van der Waals surface area contributed by atoms with Gasteiger partial charge in [0.1, 0.15) is 12.7 Å². The number of allylic oxidation sites excluding steroid dienone is 2. The fourth-order valence-electron chi connectivity index (χ4n) is 3.71. The van der Waals surface area contributed by atoms with Crippen molar-refractivity contribution in [1.29, 1.82) is 0 Å². The van der Waals surface area contributed by atoms with Crippen molar-refractivity contribution in [3.05, 3.63) is 24.3 Å². The van der Waals surface area contributed by atoms with Gasteiger partial charge in [-0.2, -0.15) is 0 Å². The maximum absolute atomic E-state index is 11.5. The van der Waals surface area contributed by atoms with E-state index in [1.165, 1.54) is 0 Å². The molecule has 1 saturated carbocycles. The quantitative estimate of drug-likeness (QED) is 0.153. The Kier molecular flexibility index (Phi) is 13.9. The molecule has 1 rings (SSSR count). The number of aliphatic hydroxyl groups excluding tert-OH is 5. The standard InChI is InChI=1S/C23H40O7/c1-2-3-6-9-17(25)12-13-20-19(21(27)14-22(20)28)10-7-4-5-8-11-23(29)30-16-18(26)15-24/h4,7,12-13,17-22,24-28H,2-3,5-6,8-11,14-16H2,1H3/t17-,18?,19+,20+,21-,22+/m0/s1. The number of hydrogen-bond donors (Lipinski definition) is 5. The second kappa shape index (κ2) is 15.5. The van der Waals surface area contributed by atoms with Gasteiger partial charge >= 0.3 is 5.97 Å². The summed E-state index contributed by atoms with van der Waals surface area (Å²) >= 11 is 0. The normalized spacial score (nSPS) is 26.5. The van der Waals surface area contributed by atoms with E-state index in [9.17, 15) is 20.1 Å². The van der Waals surface area contributed by atoms with Gasteiger partial charge in [0.25, 0.3) is 0 Å². The number of hydrogen-bond acceptors (Lipinski definition) is 7. The van der Waals surface area contributed by atoms with Crippen molar-refractivity contribution in [3.63, 3.8) is 0 Å². The number of unbranched alkanes of at least 4 members (excludes halogenated alkanes) is 3. The van der Waals surface area contributed by atoms with E-state index in [1.807, 2.05) is 18.2 Å². The molecule has 0 radical (unpaired) electrons. The molecule has 0 heterocycles. The lowest BCUT2D eigenvalue weighted by molar-refractivity contribution is -0.147. The molecule has 0 spiro atoms. The van der Waals surface area contributed by atoms with Crippen molar-refractivity contribution in [3.8, 4) is 0 Å². The van der Waals surface area contributed by atoms with Crippen molar-refractivity contribution >= 4 is 5.97 Å². The first-order valence-corrected chi connectivity index (χ1v) is 11.2. The van der Waals surface area contributed by atoms with E-state index >= 15 is 0 Å². The summed E-state index contributed by atoms with van der Waals surface area (Å²) < 4.78 is 4.84. The molecule has 1 aliphatic rings. The summed E-state index contributed by atoms with van der Waals surface area (Å²) in [5, 5.41) is 48.4. The smallest absolute Gasteiger partial charge is 0.305 e. The van der Waals surface area contributed by atoms with Gasteiger partial charge in [0, 0.05) is 18.8 Å². The number of esters is 1. The van der Waals surface area contributed by atoms with Gasteiger partial charge in [-0.05, 0) is 31.6 Å². The Morgan fingerprint density at radius 1 is 1.13 bits per heavy atom. The highest BCUT2D eigenvalue weighted by Gasteiger charge is 2.39. The average Bonchev–Trinajstić information content (AvgIpc) is 2.99. The SMILES string of the molecule is CCCCC[C@H](O)C=C[C@@H]1[C@@H](CC=CCCCC(=O)OCC(O)CO)[C@@H](O)C[C@H]1O. The van der Waals surface area contributed by atoms with Crippen LogP contribution in [-0.2, 0) is 9.53 Å². The molecule has 6 atom stereocenters. The number of aliphatic hydroxyl groups is 5. The van der Waals surface area contributed by atoms with E-state index < -0.39 is 37.0 Å². The number of rotatable bonds is 15. The fourth-order valence-corrected chi connectivity index (χ4v) is 3.71. The van der Waals surface area contributed by atoms with Crippen LogP contribution in [0.5, 0.6) is 0 Å². The summed E-state index contributed by atoms with van der Waals surface area (Å²) in [7, 11) is 0. The van der Waals surface area contributed by atoms with Crippen LogP contribution in [0.25, 0.3) is 0 Å². The highest BCUT2D eigenvalue weighted by atomic mass is 16.5. The Bertz CT molecular complexity index is 520. The minimum Gasteiger partial charge on any atom is -0.463 e. The first kappa shape index (κ1) is 26.8. The summed E-state index contributed by atoms with van der Waals surface area (Å²) in [6.45, 7) is 1.48. The fraction of sp³-hybridized carbons (Fsp3) is 0.783. The van der Waals surface area contributed by atoms with Gasteiger partial charge in [-0.1, -0.05) is 50.5 Å². The summed E-state index contributed by atoms with van der Waals surface area (Å²) in [4.78, 5) is 11.5. The Morgan fingerprint density at radius 3 is 2.60 bits per heavy atom. The Morgan fingerprint density at radius 2 is 1.90 bits per heavy atom. The van der Waals surface area contributed by atoms with E-state index in [1.54, 1.807) is 6.08 Å². The molecule has 0 aromatic heterocycles. The maximum atomic E-state index is 11.5. The zero-order valence-electron chi connectivity index (χ0n) is 18.1. The van der Waals surface area contributed by atoms with Gasteiger partial charge in [0.15, 0.2) is 0 Å². The lowest BCUT2D eigenvalue weighted by Gasteiger charge is -2.19. The molecule has 0 saturated heterocycles. The van der Waals surface area contributed by atoms with Gasteiger partial charge in [-0.25, -0.2) is 0 Å². The minimum absolute atomic E-state index is 0.0970. The molecule has 0 aliphatic heterocycles. The Balaban J connectivity index is 2.36. The van der Waals surface area contributed by atoms with Crippen LogP contribution in [-0.4, -0.2) is 69.1 Å². The largest absolute Gasteiger partial charge is 0.463 e. The lowest BCUT2D eigenvalue weighted by atomic mass is 9.89. The van der Waals surface area contributed by atoms with E-state index in [0.29, 0.717) is 32.1 Å². The molecule has 1 fully saturated rings. The molecule has 0 aromatic rings. The first-order valence-electron chi connectivity index (χ1n) is 11.2. The third kappa shape index (κ3) is 10.7. The molecule has 1 aliphatic carbocycles. The molecule has 7 heteroatoms. The molecule has 0 bridgehead atoms. The van der Waals surface area contributed by atoms with Crippen LogP contribution < -0.4 is 0 Å². The van der Waals surface area contributed by atoms with Crippen molar-refractivity contribution < 1.29 is 35.1 Å². The van der Waals surface area contributed by atoms with E-state index in [0.717, 1.165) is 19.3 Å². The topological polar surface area (TPSA) is 127 Å². The maximum Gasteiger partial charge on any atom is 0.305 e. The first-order chi connectivity index (χ1) is 14.4. The van der Waals surface area contributed by atoms with Crippen molar-refractivity contribution in [1.82, 2.24) is 0 Å². The summed E-state index contributed by atoms with van der Waals surface area (Å²) in [5.41, 5.74) is 0. The third-order valence-electron chi connectivity index (χ3n) is 5.55. The van der Waals surface area contributed by atoms with Crippen LogP contribution in [0.15, 0.2) is 24.3 Å². The minimum atomic E-state index is -1.04. The highest BCUT2D eigenvalue weighted by molar-refractivity contribution is 5.69. The summed E-state index contributed by atoms with van der Waals surface area (Å²) in [6.07, 6.45) is 11.1. The second-order valence-electron chi connectivity index (χ2n) is 8.18. The van der Waals surface area contributed by atoms with Crippen LogP contribution in [0.2, 0.25) is 0 Å². The van der Waals surface area contributed by atoms with E-state index in [4.69, 9.17) is 14.9 Å². The summed E-state index contributed by atoms with van der Waals surface area (Å²) in [6, 6.07) is 0. The zero-order chi connectivity index (χ0) is 22.4. The van der Waals surface area contributed by atoms with Crippen molar-refractivity contribution in [2.75, 3.05) is 13.2 Å². The highest BCUT2D eigenvalue weighted by Crippen LogP contribution is 2.36. The van der Waals surface area contributed by atoms with Crippen LogP contribution in [0.3, 0.4) is 0 Å². The predicted molar refractivity (Wildman–Crippen MR) is 115 cm³/mol. The molecule has 7 nitrogen and oxygen atoms in total. The number of ether oxygens (including phenoxy) is 1. The lowest BCUT2D eigenvalue weighted by Crippen LogP contribution is -2.21. The monoisotopic (exact) mass is 428 g/mol. The van der Waals surface area contributed by atoms with Gasteiger partial charge in [0.05, 0.1) is 24.9 Å². The molecular weight excluding hydrogens is 388 g/mol. The molecule has 174 valence electrons. The Labute approximate surface area is 180 Å². The van der Waals surface area contributed by atoms with Crippen molar-refractivity contribution in [2.24, 2.45) is 11.8 Å². The summed E-state index contributed by atoms with van der Waals surface area (Å²) in [5.74, 6) is -0.688. The Hall–Kier alpha value is -1.25. The van der Waals surface area contributed by atoms with Crippen LogP contribution in [0.1, 0.15) is 64.7 Å². The van der Waals surface area contributed by atoms with Crippen LogP contribution >= 0.6 is 0 Å². The second-order valence-corrected chi connectivity index (χ2v) is 8.18. The molecule has 0 aromatic carbocycles. The van der Waals surface area contributed by atoms with Crippen molar-refractivity contribution in [2.45, 2.75) is 89.1 Å². The van der Waals surface area contributed by atoms with E-state index in [-0.39, 0.29) is 24.9 Å². The molecule has 5 N–H and O–H groups in total. The third-order valence-corrected chi connectivity index (χ3v) is 5.55. The number of carbonyl (C=O) groups is 1. The van der Waals surface area contributed by atoms with Crippen LogP contribution in [0, 0.1) is 11.8 Å². The molecule has 30 heavy (non-hydrogen) atoms. The molecular formula is C23H40O7. The average molecular weight is 429 g/mol. The molecule has 0 amide bonds. The predicted octanol–water partition coefficient (Wildman–Crippen LogP) is 1.85. The van der Waals surface area contributed by atoms with Gasteiger partial charge in [-0.3, -0.25) is 4.79 Å². The van der Waals surface area contributed by atoms with Crippen LogP contribution in [0.4, 0.5) is 0 Å². The zero-order valence-corrected chi connectivity index (χ0v) is 18.1. The van der Waals surface area contributed by atoms with Gasteiger partial charge in [0.2, 0.25) is 0 Å². The van der Waals surface area contributed by atoms with Gasteiger partial charge < -0.3 is 30.3 Å².